The number of carbonyl (C=O) groups is 2. The SMILES string of the molecule is CCOC1=CC(=O)C(C=O)C1. The number of ether oxygens (including phenoxy) is 1. The van der Waals surface area contributed by atoms with E-state index in [2.05, 4.69) is 0 Å². The van der Waals surface area contributed by atoms with E-state index >= 15 is 0 Å². The highest BCUT2D eigenvalue weighted by Gasteiger charge is 2.25. The fraction of sp³-hybridized carbons (Fsp3) is 0.500. The topological polar surface area (TPSA) is 43.4 Å². The van der Waals surface area contributed by atoms with Crippen LogP contribution < -0.4 is 0 Å². The Morgan fingerprint density at radius 3 is 3.00 bits per heavy atom. The molecule has 1 aliphatic carbocycles. The molecule has 0 spiro atoms. The van der Waals surface area contributed by atoms with Crippen molar-refractivity contribution in [2.24, 2.45) is 5.92 Å². The molecule has 1 aliphatic rings. The van der Waals surface area contributed by atoms with Crippen molar-refractivity contribution >= 4 is 12.1 Å². The number of rotatable bonds is 3. The lowest BCUT2D eigenvalue weighted by Gasteiger charge is -2.01. The molecule has 0 saturated carbocycles. The van der Waals surface area contributed by atoms with E-state index in [1.54, 1.807) is 0 Å². The Bertz CT molecular complexity index is 205. The number of ketones is 1. The molecule has 0 amide bonds. The van der Waals surface area contributed by atoms with Crippen LogP contribution in [0, 0.1) is 5.92 Å². The molecule has 3 heteroatoms. The normalized spacial score (nSPS) is 23.2. The van der Waals surface area contributed by atoms with Crippen molar-refractivity contribution in [2.45, 2.75) is 13.3 Å². The Balaban J connectivity index is 2.55. The highest BCUT2D eigenvalue weighted by atomic mass is 16.5. The number of hydrogen-bond donors (Lipinski definition) is 0. The van der Waals surface area contributed by atoms with Crippen LogP contribution in [0.4, 0.5) is 0 Å². The smallest absolute Gasteiger partial charge is 0.169 e. The summed E-state index contributed by atoms with van der Waals surface area (Å²) < 4.78 is 5.09. The fourth-order valence-electron chi connectivity index (χ4n) is 1.04. The van der Waals surface area contributed by atoms with Gasteiger partial charge in [-0.1, -0.05) is 0 Å². The predicted molar refractivity (Wildman–Crippen MR) is 38.9 cm³/mol. The minimum atomic E-state index is -0.489. The predicted octanol–water partition coefficient (Wildman–Crippen LogP) is 0.695. The van der Waals surface area contributed by atoms with Crippen LogP contribution in [0.5, 0.6) is 0 Å². The average molecular weight is 154 g/mol. The van der Waals surface area contributed by atoms with Crippen molar-refractivity contribution in [2.75, 3.05) is 6.61 Å². The maximum absolute atomic E-state index is 10.9. The van der Waals surface area contributed by atoms with Crippen LogP contribution in [0.2, 0.25) is 0 Å². The molecular formula is C8H10O3. The molecule has 0 bridgehead atoms. The molecule has 0 aromatic carbocycles. The van der Waals surface area contributed by atoms with Gasteiger partial charge in [0.1, 0.15) is 12.0 Å². The maximum atomic E-state index is 10.9. The van der Waals surface area contributed by atoms with Crippen LogP contribution in [0.1, 0.15) is 13.3 Å². The lowest BCUT2D eigenvalue weighted by Crippen LogP contribution is -2.07. The summed E-state index contributed by atoms with van der Waals surface area (Å²) >= 11 is 0. The van der Waals surface area contributed by atoms with Gasteiger partial charge < -0.3 is 9.53 Å². The first-order chi connectivity index (χ1) is 5.27. The molecule has 0 heterocycles. The summed E-state index contributed by atoms with van der Waals surface area (Å²) in [4.78, 5) is 21.2. The molecule has 0 aliphatic heterocycles. The van der Waals surface area contributed by atoms with Gasteiger partial charge in [0.15, 0.2) is 5.78 Å². The lowest BCUT2D eigenvalue weighted by atomic mass is 10.1. The van der Waals surface area contributed by atoms with Crippen LogP contribution in [-0.2, 0) is 14.3 Å². The Morgan fingerprint density at radius 2 is 2.55 bits per heavy atom. The van der Waals surface area contributed by atoms with Crippen molar-refractivity contribution in [3.8, 4) is 0 Å². The molecular weight excluding hydrogens is 144 g/mol. The molecule has 0 fully saturated rings. The molecule has 1 rings (SSSR count). The second-order valence-electron chi connectivity index (χ2n) is 2.39. The van der Waals surface area contributed by atoms with Crippen LogP contribution in [0.25, 0.3) is 0 Å². The molecule has 60 valence electrons. The van der Waals surface area contributed by atoms with Crippen molar-refractivity contribution in [3.05, 3.63) is 11.8 Å². The summed E-state index contributed by atoms with van der Waals surface area (Å²) in [6, 6.07) is 0. The summed E-state index contributed by atoms with van der Waals surface area (Å²) in [5.41, 5.74) is 0. The zero-order chi connectivity index (χ0) is 8.27. The van der Waals surface area contributed by atoms with Gasteiger partial charge in [-0.05, 0) is 6.92 Å². The van der Waals surface area contributed by atoms with Crippen molar-refractivity contribution in [1.82, 2.24) is 0 Å². The van der Waals surface area contributed by atoms with E-state index in [1.807, 2.05) is 6.92 Å². The highest BCUT2D eigenvalue weighted by molar-refractivity contribution is 6.03. The molecule has 1 unspecified atom stereocenters. The summed E-state index contributed by atoms with van der Waals surface area (Å²) in [5.74, 6) is 0.00889. The van der Waals surface area contributed by atoms with Crippen LogP contribution in [-0.4, -0.2) is 18.7 Å². The summed E-state index contributed by atoms with van der Waals surface area (Å²) in [7, 11) is 0. The highest BCUT2D eigenvalue weighted by Crippen LogP contribution is 2.20. The van der Waals surface area contributed by atoms with Gasteiger partial charge in [-0.25, -0.2) is 0 Å². The first kappa shape index (κ1) is 7.98. The van der Waals surface area contributed by atoms with Crippen molar-refractivity contribution in [1.29, 1.82) is 0 Å². The monoisotopic (exact) mass is 154 g/mol. The zero-order valence-electron chi connectivity index (χ0n) is 6.37. The van der Waals surface area contributed by atoms with Crippen LogP contribution in [0.3, 0.4) is 0 Å². The van der Waals surface area contributed by atoms with Crippen molar-refractivity contribution in [3.63, 3.8) is 0 Å². The van der Waals surface area contributed by atoms with Gasteiger partial charge in [0, 0.05) is 12.5 Å². The van der Waals surface area contributed by atoms with Crippen LogP contribution >= 0.6 is 0 Å². The third kappa shape index (κ3) is 1.67. The molecule has 0 aromatic rings. The minimum absolute atomic E-state index is 0.136. The van der Waals surface area contributed by atoms with Gasteiger partial charge in [0.05, 0.1) is 12.5 Å². The second kappa shape index (κ2) is 3.32. The Kier molecular flexibility index (Phi) is 2.41. The Morgan fingerprint density at radius 1 is 1.82 bits per heavy atom. The largest absolute Gasteiger partial charge is 0.498 e. The van der Waals surface area contributed by atoms with Gasteiger partial charge in [-0.3, -0.25) is 4.79 Å². The van der Waals surface area contributed by atoms with Gasteiger partial charge in [0.25, 0.3) is 0 Å². The molecule has 0 radical (unpaired) electrons. The molecule has 0 aromatic heterocycles. The van der Waals surface area contributed by atoms with E-state index < -0.39 is 5.92 Å². The third-order valence-electron chi connectivity index (χ3n) is 1.58. The third-order valence-corrected chi connectivity index (χ3v) is 1.58. The average Bonchev–Trinajstić information content (AvgIpc) is 2.32. The van der Waals surface area contributed by atoms with E-state index in [-0.39, 0.29) is 5.78 Å². The van der Waals surface area contributed by atoms with Crippen LogP contribution in [0.15, 0.2) is 11.8 Å². The number of carbonyl (C=O) groups excluding carboxylic acids is 2. The minimum Gasteiger partial charge on any atom is -0.498 e. The summed E-state index contributed by atoms with van der Waals surface area (Å²) in [6.45, 7) is 2.39. The maximum Gasteiger partial charge on any atom is 0.169 e. The summed E-state index contributed by atoms with van der Waals surface area (Å²) in [6.07, 6.45) is 2.52. The van der Waals surface area contributed by atoms with Gasteiger partial charge >= 0.3 is 0 Å². The number of aldehydes is 1. The fourth-order valence-corrected chi connectivity index (χ4v) is 1.04. The molecule has 0 saturated heterocycles. The summed E-state index contributed by atoms with van der Waals surface area (Å²) in [5, 5.41) is 0. The molecule has 1 atom stereocenters. The van der Waals surface area contributed by atoms with Gasteiger partial charge in [-0.2, -0.15) is 0 Å². The quantitative estimate of drug-likeness (QED) is 0.444. The van der Waals surface area contributed by atoms with Gasteiger partial charge in [0.2, 0.25) is 0 Å². The van der Waals surface area contributed by atoms with E-state index in [1.165, 1.54) is 6.08 Å². The number of hydrogen-bond acceptors (Lipinski definition) is 3. The Hall–Kier alpha value is -1.12. The number of allylic oxidation sites excluding steroid dienone is 2. The van der Waals surface area contributed by atoms with Gasteiger partial charge in [-0.15, -0.1) is 0 Å². The zero-order valence-corrected chi connectivity index (χ0v) is 6.37. The molecule has 11 heavy (non-hydrogen) atoms. The van der Waals surface area contributed by atoms with E-state index in [4.69, 9.17) is 4.74 Å². The van der Waals surface area contributed by atoms with E-state index in [9.17, 15) is 9.59 Å². The van der Waals surface area contributed by atoms with E-state index in [0.29, 0.717) is 25.1 Å². The first-order valence-electron chi connectivity index (χ1n) is 3.60. The second-order valence-corrected chi connectivity index (χ2v) is 2.39. The van der Waals surface area contributed by atoms with E-state index in [0.717, 1.165) is 0 Å². The molecule has 3 nitrogen and oxygen atoms in total. The van der Waals surface area contributed by atoms with Crippen molar-refractivity contribution < 1.29 is 14.3 Å². The Labute approximate surface area is 65.0 Å². The standard InChI is InChI=1S/C8H10O3/c1-2-11-7-3-6(5-9)8(10)4-7/h4-6H,2-3H2,1H3. The first-order valence-corrected chi connectivity index (χ1v) is 3.60. The lowest BCUT2D eigenvalue weighted by molar-refractivity contribution is -0.123. The molecule has 0 N–H and O–H groups in total.